The van der Waals surface area contributed by atoms with Crippen molar-refractivity contribution in [2.75, 3.05) is 0 Å². The van der Waals surface area contributed by atoms with Crippen LogP contribution in [0, 0.1) is 0 Å². The predicted molar refractivity (Wildman–Crippen MR) is 198 cm³/mol. The van der Waals surface area contributed by atoms with E-state index < -0.39 is 0 Å². The molecule has 0 saturated carbocycles. The Morgan fingerprint density at radius 2 is 0.458 bits per heavy atom. The summed E-state index contributed by atoms with van der Waals surface area (Å²) < 4.78 is 0. The fraction of sp³-hybridized carbons (Fsp3) is 0. The molecule has 0 aliphatic carbocycles. The first kappa shape index (κ1) is 29.0. The first-order valence-corrected chi connectivity index (χ1v) is 16.1. The Kier molecular flexibility index (Phi) is 7.92. The minimum absolute atomic E-state index is 0.646. The van der Waals surface area contributed by atoms with Gasteiger partial charge in [-0.2, -0.15) is 0 Å². The zero-order valence-electron chi connectivity index (χ0n) is 26.2. The second-order valence-electron chi connectivity index (χ2n) is 11.7. The van der Waals surface area contributed by atoms with Crippen LogP contribution in [0.1, 0.15) is 0 Å². The van der Waals surface area contributed by atoms with Crippen molar-refractivity contribution >= 4 is 0 Å². The standard InChI is InChI=1S/C45H31N3/c1-5-14-32(15-6-1)40-29-41(33-16-7-2-8-17-33)31-42(30-40)35-26-24-34(25-27-35)38-22-13-23-39(28-38)45-47-43(36-18-9-3-10-19-36)46-44(48-45)37-20-11-4-12-21-37/h1-31H. The van der Waals surface area contributed by atoms with E-state index in [4.69, 9.17) is 15.0 Å². The number of aromatic nitrogens is 3. The van der Waals surface area contributed by atoms with Crippen molar-refractivity contribution in [1.29, 1.82) is 0 Å². The monoisotopic (exact) mass is 613 g/mol. The zero-order valence-corrected chi connectivity index (χ0v) is 26.2. The molecule has 0 saturated heterocycles. The molecule has 7 aromatic carbocycles. The molecular formula is C45H31N3. The van der Waals surface area contributed by atoms with Crippen molar-refractivity contribution in [2.45, 2.75) is 0 Å². The fourth-order valence-electron chi connectivity index (χ4n) is 6.02. The van der Waals surface area contributed by atoms with Gasteiger partial charge in [0, 0.05) is 16.7 Å². The molecule has 0 amide bonds. The van der Waals surface area contributed by atoms with Gasteiger partial charge in [-0.25, -0.2) is 15.0 Å². The van der Waals surface area contributed by atoms with Crippen LogP contribution in [0.15, 0.2) is 188 Å². The van der Waals surface area contributed by atoms with Crippen molar-refractivity contribution in [3.05, 3.63) is 188 Å². The van der Waals surface area contributed by atoms with E-state index in [9.17, 15) is 0 Å². The second-order valence-corrected chi connectivity index (χ2v) is 11.7. The van der Waals surface area contributed by atoms with E-state index in [1.165, 1.54) is 33.4 Å². The van der Waals surface area contributed by atoms with Gasteiger partial charge in [0.15, 0.2) is 17.5 Å². The summed E-state index contributed by atoms with van der Waals surface area (Å²) in [5.41, 5.74) is 12.2. The maximum absolute atomic E-state index is 4.93. The molecule has 0 atom stereocenters. The molecule has 0 bridgehead atoms. The third-order valence-corrected chi connectivity index (χ3v) is 8.52. The summed E-state index contributed by atoms with van der Waals surface area (Å²) in [4.78, 5) is 14.7. The van der Waals surface area contributed by atoms with Gasteiger partial charge in [-0.3, -0.25) is 0 Å². The lowest BCUT2D eigenvalue weighted by atomic mass is 9.92. The summed E-state index contributed by atoms with van der Waals surface area (Å²) in [6.45, 7) is 0. The Labute approximate surface area is 280 Å². The number of hydrogen-bond acceptors (Lipinski definition) is 3. The van der Waals surface area contributed by atoms with Gasteiger partial charge < -0.3 is 0 Å². The summed E-state index contributed by atoms with van der Waals surface area (Å²) in [6.07, 6.45) is 0. The van der Waals surface area contributed by atoms with Gasteiger partial charge >= 0.3 is 0 Å². The highest BCUT2D eigenvalue weighted by atomic mass is 15.0. The van der Waals surface area contributed by atoms with Crippen LogP contribution in [0.4, 0.5) is 0 Å². The SMILES string of the molecule is c1ccc(-c2cc(-c3ccccc3)cc(-c3ccc(-c4cccc(-c5nc(-c6ccccc6)nc(-c6ccccc6)n5)c4)cc3)c2)cc1. The molecular weight excluding hydrogens is 583 g/mol. The van der Waals surface area contributed by atoms with Crippen LogP contribution in [0.3, 0.4) is 0 Å². The lowest BCUT2D eigenvalue weighted by Crippen LogP contribution is -2.00. The lowest BCUT2D eigenvalue weighted by Gasteiger charge is -2.12. The lowest BCUT2D eigenvalue weighted by molar-refractivity contribution is 1.07. The average Bonchev–Trinajstić information content (AvgIpc) is 3.19. The van der Waals surface area contributed by atoms with Crippen molar-refractivity contribution in [2.24, 2.45) is 0 Å². The normalized spacial score (nSPS) is 10.9. The Bertz CT molecular complexity index is 2180. The largest absolute Gasteiger partial charge is 0.208 e. The average molecular weight is 614 g/mol. The summed E-state index contributed by atoms with van der Waals surface area (Å²) in [7, 11) is 0. The van der Waals surface area contributed by atoms with Gasteiger partial charge in [-0.1, -0.05) is 164 Å². The molecule has 226 valence electrons. The highest BCUT2D eigenvalue weighted by Crippen LogP contribution is 2.34. The Morgan fingerprint density at radius 1 is 0.188 bits per heavy atom. The van der Waals surface area contributed by atoms with Crippen LogP contribution in [0.25, 0.3) is 78.7 Å². The van der Waals surface area contributed by atoms with Crippen molar-refractivity contribution in [1.82, 2.24) is 15.0 Å². The predicted octanol–water partition coefficient (Wildman–Crippen LogP) is 11.5. The van der Waals surface area contributed by atoms with Gasteiger partial charge in [-0.15, -0.1) is 0 Å². The molecule has 3 heteroatoms. The third-order valence-electron chi connectivity index (χ3n) is 8.52. The molecule has 0 aliphatic heterocycles. The smallest absolute Gasteiger partial charge is 0.164 e. The van der Waals surface area contributed by atoms with Gasteiger partial charge in [0.25, 0.3) is 0 Å². The second kappa shape index (κ2) is 13.1. The molecule has 0 aliphatic rings. The molecule has 3 nitrogen and oxygen atoms in total. The number of benzene rings is 7. The van der Waals surface area contributed by atoms with E-state index in [1.54, 1.807) is 0 Å². The summed E-state index contributed by atoms with van der Waals surface area (Å²) in [5.74, 6) is 1.95. The van der Waals surface area contributed by atoms with E-state index >= 15 is 0 Å². The van der Waals surface area contributed by atoms with Gasteiger partial charge in [0.1, 0.15) is 0 Å². The van der Waals surface area contributed by atoms with Crippen molar-refractivity contribution in [3.63, 3.8) is 0 Å². The molecule has 48 heavy (non-hydrogen) atoms. The summed E-state index contributed by atoms with van der Waals surface area (Å²) >= 11 is 0. The number of rotatable bonds is 7. The van der Waals surface area contributed by atoms with Gasteiger partial charge in [0.05, 0.1) is 0 Å². The maximum atomic E-state index is 4.93. The van der Waals surface area contributed by atoms with E-state index in [2.05, 4.69) is 127 Å². The number of nitrogens with zero attached hydrogens (tertiary/aromatic N) is 3. The first-order valence-electron chi connectivity index (χ1n) is 16.1. The maximum Gasteiger partial charge on any atom is 0.164 e. The third kappa shape index (κ3) is 6.18. The van der Waals surface area contributed by atoms with Crippen LogP contribution in [0.5, 0.6) is 0 Å². The molecule has 0 spiro atoms. The molecule has 1 aromatic heterocycles. The Morgan fingerprint density at radius 3 is 0.875 bits per heavy atom. The molecule has 0 fully saturated rings. The highest BCUT2D eigenvalue weighted by molar-refractivity contribution is 5.82. The summed E-state index contributed by atoms with van der Waals surface area (Å²) in [5, 5.41) is 0. The highest BCUT2D eigenvalue weighted by Gasteiger charge is 2.13. The van der Waals surface area contributed by atoms with E-state index in [-0.39, 0.29) is 0 Å². The zero-order chi connectivity index (χ0) is 32.1. The topological polar surface area (TPSA) is 38.7 Å². The molecule has 8 aromatic rings. The van der Waals surface area contributed by atoms with Gasteiger partial charge in [0.2, 0.25) is 0 Å². The minimum Gasteiger partial charge on any atom is -0.208 e. The van der Waals surface area contributed by atoms with Crippen LogP contribution in [0.2, 0.25) is 0 Å². The van der Waals surface area contributed by atoms with E-state index in [1.807, 2.05) is 60.7 Å². The van der Waals surface area contributed by atoms with E-state index in [0.29, 0.717) is 17.5 Å². The van der Waals surface area contributed by atoms with E-state index in [0.717, 1.165) is 27.8 Å². The van der Waals surface area contributed by atoms with Crippen LogP contribution >= 0.6 is 0 Å². The molecule has 0 N–H and O–H groups in total. The first-order chi connectivity index (χ1) is 23.8. The van der Waals surface area contributed by atoms with Crippen molar-refractivity contribution in [3.8, 4) is 78.7 Å². The quantitative estimate of drug-likeness (QED) is 0.179. The summed E-state index contributed by atoms with van der Waals surface area (Å²) in [6, 6.07) is 65.4. The van der Waals surface area contributed by atoms with Crippen LogP contribution < -0.4 is 0 Å². The van der Waals surface area contributed by atoms with Gasteiger partial charge in [-0.05, 0) is 68.8 Å². The minimum atomic E-state index is 0.646. The molecule has 0 unspecified atom stereocenters. The fourth-order valence-corrected chi connectivity index (χ4v) is 6.02. The Balaban J connectivity index is 1.16. The number of hydrogen-bond donors (Lipinski definition) is 0. The molecule has 8 rings (SSSR count). The van der Waals surface area contributed by atoms with Crippen LogP contribution in [-0.2, 0) is 0 Å². The molecule has 1 heterocycles. The Hall–Kier alpha value is -6.45. The van der Waals surface area contributed by atoms with Crippen molar-refractivity contribution < 1.29 is 0 Å². The molecule has 0 radical (unpaired) electrons. The van der Waals surface area contributed by atoms with Crippen LogP contribution in [-0.4, -0.2) is 15.0 Å².